The molecule has 0 unspecified atom stereocenters. The molecule has 34 heavy (non-hydrogen) atoms. The summed E-state index contributed by atoms with van der Waals surface area (Å²) in [6.07, 6.45) is 0. The van der Waals surface area contributed by atoms with E-state index in [1.54, 1.807) is 21.3 Å². The number of fused-ring (bicyclic) bond motifs is 3. The van der Waals surface area contributed by atoms with Crippen LogP contribution >= 0.6 is 0 Å². The van der Waals surface area contributed by atoms with Crippen molar-refractivity contribution in [3.63, 3.8) is 0 Å². The molecule has 1 N–H and O–H groups in total. The molecule has 1 radical (unpaired) electrons. The van der Waals surface area contributed by atoms with Gasteiger partial charge in [0.15, 0.2) is 0 Å². The third kappa shape index (κ3) is 4.04. The zero-order chi connectivity index (χ0) is 23.9. The minimum Gasteiger partial charge on any atom is -0.455 e. The molecule has 0 atom stereocenters. The zero-order valence-corrected chi connectivity index (χ0v) is 20.0. The molecule has 0 bridgehead atoms. The summed E-state index contributed by atoms with van der Waals surface area (Å²) < 4.78 is 12.6. The van der Waals surface area contributed by atoms with Crippen molar-refractivity contribution in [3.8, 4) is 22.3 Å². The Kier molecular flexibility index (Phi) is 5.59. The van der Waals surface area contributed by atoms with Crippen molar-refractivity contribution in [2.75, 3.05) is 0 Å². The lowest BCUT2D eigenvalue weighted by atomic mass is 9.80. The maximum absolute atomic E-state index is 10.5. The Morgan fingerprint density at radius 1 is 0.735 bits per heavy atom. The average molecular weight is 447 g/mol. The summed E-state index contributed by atoms with van der Waals surface area (Å²) in [5, 5.41) is 12.6. The van der Waals surface area contributed by atoms with E-state index in [0.29, 0.717) is 0 Å². The second-order valence-electron chi connectivity index (χ2n) is 9.76. The normalized spacial score (nSPS) is 12.4. The number of hydrogen-bond acceptors (Lipinski definition) is 3. The van der Waals surface area contributed by atoms with E-state index < -0.39 is 11.2 Å². The number of benzene rings is 4. The van der Waals surface area contributed by atoms with E-state index in [1.165, 1.54) is 0 Å². The van der Waals surface area contributed by atoms with E-state index in [9.17, 15) is 5.11 Å². The highest BCUT2D eigenvalue weighted by Gasteiger charge is 2.36. The van der Waals surface area contributed by atoms with Crippen LogP contribution in [0.1, 0.15) is 27.7 Å². The smallest absolute Gasteiger partial charge is 0.331 e. The van der Waals surface area contributed by atoms with Crippen LogP contribution in [-0.4, -0.2) is 23.8 Å². The van der Waals surface area contributed by atoms with Gasteiger partial charge >= 0.3 is 7.48 Å². The van der Waals surface area contributed by atoms with Crippen LogP contribution < -0.4 is 5.46 Å². The van der Waals surface area contributed by atoms with Gasteiger partial charge in [-0.05, 0) is 68.0 Å². The van der Waals surface area contributed by atoms with Crippen LogP contribution in [0.5, 0.6) is 0 Å². The Hall–Kier alpha value is -3.34. The summed E-state index contributed by atoms with van der Waals surface area (Å²) >= 11 is 0. The molecule has 4 heteroatoms. The van der Waals surface area contributed by atoms with Crippen molar-refractivity contribution < 1.29 is 14.2 Å². The lowest BCUT2D eigenvalue weighted by molar-refractivity contribution is -0.0893. The van der Waals surface area contributed by atoms with Gasteiger partial charge in [0.1, 0.15) is 11.2 Å². The molecule has 0 aliphatic carbocycles. The Morgan fingerprint density at radius 3 is 2.03 bits per heavy atom. The molecular formula is C30H28BO3. The van der Waals surface area contributed by atoms with Gasteiger partial charge in [-0.25, -0.2) is 0 Å². The second kappa shape index (κ2) is 8.46. The number of furan rings is 1. The number of rotatable bonds is 6. The summed E-state index contributed by atoms with van der Waals surface area (Å²) in [5.74, 6) is 0. The van der Waals surface area contributed by atoms with Crippen molar-refractivity contribution >= 4 is 34.9 Å². The third-order valence-corrected chi connectivity index (χ3v) is 6.77. The van der Waals surface area contributed by atoms with Crippen molar-refractivity contribution in [2.45, 2.75) is 38.9 Å². The van der Waals surface area contributed by atoms with Gasteiger partial charge in [0.2, 0.25) is 0 Å². The van der Waals surface area contributed by atoms with Crippen LogP contribution in [0, 0.1) is 0 Å². The van der Waals surface area contributed by atoms with E-state index >= 15 is 0 Å². The van der Waals surface area contributed by atoms with E-state index in [4.69, 9.17) is 9.07 Å². The lowest BCUT2D eigenvalue weighted by Crippen LogP contribution is -2.49. The zero-order valence-electron chi connectivity index (χ0n) is 20.0. The molecule has 5 rings (SSSR count). The molecule has 1 heterocycles. The van der Waals surface area contributed by atoms with Gasteiger partial charge in [0.25, 0.3) is 0 Å². The SMILES string of the molecule is CC(C)(O)C(C)(C)O[B]c1cccc2oc3c(-c4ccccc4)cc(-c4ccccc4)cc3c12. The van der Waals surface area contributed by atoms with Crippen LogP contribution in [0.4, 0.5) is 0 Å². The Balaban J connectivity index is 1.73. The average Bonchev–Trinajstić information content (AvgIpc) is 3.22. The van der Waals surface area contributed by atoms with Crippen LogP contribution in [0.15, 0.2) is 95.4 Å². The van der Waals surface area contributed by atoms with Gasteiger partial charge < -0.3 is 14.2 Å². The summed E-state index contributed by atoms with van der Waals surface area (Å²) in [4.78, 5) is 0. The fourth-order valence-corrected chi connectivity index (χ4v) is 4.04. The molecule has 0 saturated heterocycles. The Labute approximate surface area is 201 Å². The topological polar surface area (TPSA) is 42.6 Å². The summed E-state index contributed by atoms with van der Waals surface area (Å²) in [6.45, 7) is 7.29. The summed E-state index contributed by atoms with van der Waals surface area (Å²) in [5.41, 5.74) is 5.23. The van der Waals surface area contributed by atoms with Crippen LogP contribution in [0.3, 0.4) is 0 Å². The molecule has 0 amide bonds. The molecular weight excluding hydrogens is 419 g/mol. The van der Waals surface area contributed by atoms with Crippen molar-refractivity contribution in [1.29, 1.82) is 0 Å². The highest BCUT2D eigenvalue weighted by molar-refractivity contribution is 6.53. The monoisotopic (exact) mass is 447 g/mol. The standard InChI is InChI=1S/C30H28BO3/c1-29(2,32)30(3,4)34-31-25-16-11-17-26-27(25)24-19-22(20-12-7-5-8-13-20)18-23(28(24)33-26)21-14-9-6-10-15-21/h5-19,32H,1-4H3. The van der Waals surface area contributed by atoms with Gasteiger partial charge in [0, 0.05) is 16.3 Å². The largest absolute Gasteiger partial charge is 0.455 e. The quantitative estimate of drug-likeness (QED) is 0.294. The van der Waals surface area contributed by atoms with Gasteiger partial charge in [-0.2, -0.15) is 0 Å². The van der Waals surface area contributed by atoms with Crippen LogP contribution in [0.25, 0.3) is 44.2 Å². The predicted octanol–water partition coefficient (Wildman–Crippen LogP) is 6.73. The molecule has 0 aliphatic rings. The van der Waals surface area contributed by atoms with Crippen LogP contribution in [0.2, 0.25) is 0 Å². The predicted molar refractivity (Wildman–Crippen MR) is 141 cm³/mol. The van der Waals surface area contributed by atoms with Gasteiger partial charge in [0.05, 0.1) is 11.2 Å². The first kappa shape index (κ1) is 22.5. The summed E-state index contributed by atoms with van der Waals surface area (Å²) in [6, 6.07) is 31.1. The molecule has 0 saturated carbocycles. The van der Waals surface area contributed by atoms with Gasteiger partial charge in [-0.1, -0.05) is 72.8 Å². The highest BCUT2D eigenvalue weighted by Crippen LogP contribution is 2.39. The minimum atomic E-state index is -1.00. The highest BCUT2D eigenvalue weighted by atomic mass is 16.5. The molecule has 1 aromatic heterocycles. The number of aliphatic hydroxyl groups is 1. The van der Waals surface area contributed by atoms with Crippen LogP contribution in [-0.2, 0) is 4.65 Å². The van der Waals surface area contributed by atoms with Gasteiger partial charge in [-0.3, -0.25) is 0 Å². The third-order valence-electron chi connectivity index (χ3n) is 6.77. The molecule has 0 aliphatic heterocycles. The second-order valence-corrected chi connectivity index (χ2v) is 9.76. The van der Waals surface area contributed by atoms with E-state index in [0.717, 1.165) is 49.7 Å². The molecule has 4 aromatic carbocycles. The lowest BCUT2D eigenvalue weighted by Gasteiger charge is -2.37. The fourth-order valence-electron chi connectivity index (χ4n) is 4.04. The van der Waals surface area contributed by atoms with E-state index in [1.807, 2.05) is 56.3 Å². The van der Waals surface area contributed by atoms with Crippen molar-refractivity contribution in [2.24, 2.45) is 0 Å². The van der Waals surface area contributed by atoms with Crippen molar-refractivity contribution in [3.05, 3.63) is 91.0 Å². The van der Waals surface area contributed by atoms with E-state index in [2.05, 4.69) is 48.5 Å². The van der Waals surface area contributed by atoms with Crippen molar-refractivity contribution in [1.82, 2.24) is 0 Å². The maximum Gasteiger partial charge on any atom is 0.331 e. The molecule has 0 spiro atoms. The first-order valence-corrected chi connectivity index (χ1v) is 11.6. The fraction of sp³-hybridized carbons (Fsp3) is 0.200. The summed E-state index contributed by atoms with van der Waals surface area (Å²) in [7, 11) is 1.74. The Bertz CT molecular complexity index is 1450. The first-order chi connectivity index (χ1) is 16.2. The first-order valence-electron chi connectivity index (χ1n) is 11.6. The molecule has 5 aromatic rings. The molecule has 169 valence electrons. The molecule has 3 nitrogen and oxygen atoms in total. The van der Waals surface area contributed by atoms with Gasteiger partial charge in [-0.15, -0.1) is 0 Å². The van der Waals surface area contributed by atoms with E-state index in [-0.39, 0.29) is 0 Å². The minimum absolute atomic E-state index is 0.765. The Morgan fingerprint density at radius 2 is 1.38 bits per heavy atom. The number of hydrogen-bond donors (Lipinski definition) is 1. The maximum atomic E-state index is 10.5. The molecule has 0 fully saturated rings.